The van der Waals surface area contributed by atoms with Crippen molar-refractivity contribution in [3.63, 3.8) is 0 Å². The number of hydrogen-bond acceptors (Lipinski definition) is 5. The molecule has 0 aliphatic carbocycles. The summed E-state index contributed by atoms with van der Waals surface area (Å²) in [6.07, 6.45) is 0.605. The van der Waals surface area contributed by atoms with Gasteiger partial charge in [-0.25, -0.2) is 22.0 Å². The molecule has 10 heteroatoms. The van der Waals surface area contributed by atoms with Gasteiger partial charge in [0.15, 0.2) is 9.84 Å². The van der Waals surface area contributed by atoms with Crippen LogP contribution in [0.25, 0.3) is 0 Å². The normalized spacial score (nSPS) is 17.5. The number of sulfone groups is 1. The molecule has 1 aliphatic heterocycles. The zero-order chi connectivity index (χ0) is 21.0. The van der Waals surface area contributed by atoms with Crippen molar-refractivity contribution in [1.29, 1.82) is 0 Å². The third-order valence-corrected chi connectivity index (χ3v) is 5.38. The number of benzene rings is 2. The molecule has 0 spiro atoms. The van der Waals surface area contributed by atoms with Gasteiger partial charge < -0.3 is 19.7 Å². The number of nitrogens with zero attached hydrogens (tertiary/aromatic N) is 1. The molecule has 0 unspecified atom stereocenters. The molecule has 0 radical (unpaired) electrons. The van der Waals surface area contributed by atoms with Crippen molar-refractivity contribution >= 4 is 21.6 Å². The fourth-order valence-corrected chi connectivity index (χ4v) is 3.41. The third-order valence-electron chi connectivity index (χ3n) is 4.25. The maximum absolute atomic E-state index is 13.8. The average Bonchev–Trinajstić information content (AvgIpc) is 2.89. The summed E-state index contributed by atoms with van der Waals surface area (Å²) in [5, 5.41) is 2.41. The van der Waals surface area contributed by atoms with Crippen molar-refractivity contribution in [3.05, 3.63) is 54.1 Å². The van der Waals surface area contributed by atoms with E-state index in [0.29, 0.717) is 11.8 Å². The van der Waals surface area contributed by atoms with Crippen LogP contribution in [-0.4, -0.2) is 58.0 Å². The van der Waals surface area contributed by atoms with Gasteiger partial charge in [0, 0.05) is 18.9 Å². The fourth-order valence-electron chi connectivity index (χ4n) is 2.78. The predicted octanol–water partition coefficient (Wildman–Crippen LogP) is 2.68. The molecule has 2 aromatic rings. The van der Waals surface area contributed by atoms with E-state index in [0.717, 1.165) is 18.4 Å². The Bertz CT molecular complexity index is 983. The first kappa shape index (κ1) is 21.0. The van der Waals surface area contributed by atoms with Crippen molar-refractivity contribution in [1.82, 2.24) is 4.90 Å². The van der Waals surface area contributed by atoms with Gasteiger partial charge in [0.1, 0.15) is 23.5 Å². The lowest BCUT2D eigenvalue weighted by molar-refractivity contribution is 0.0718. The first-order chi connectivity index (χ1) is 13.7. The number of anilines is 1. The zero-order valence-electron chi connectivity index (χ0n) is 15.6. The third kappa shape index (κ3) is 5.64. The maximum Gasteiger partial charge on any atom is 0.322 e. The lowest BCUT2D eigenvalue weighted by Crippen LogP contribution is -2.42. The van der Waals surface area contributed by atoms with Gasteiger partial charge in [-0.15, -0.1) is 0 Å². The highest BCUT2D eigenvalue weighted by Gasteiger charge is 2.24. The summed E-state index contributed by atoms with van der Waals surface area (Å²) in [6.45, 7) is 0.929. The SMILES string of the molecule is CS(=O)(=O)c1ccc(O[C@H]2COCCN(C(=O)Nc3ccc(F)cc3F)C2)cc1. The monoisotopic (exact) mass is 426 g/mol. The Kier molecular flexibility index (Phi) is 6.33. The van der Waals surface area contributed by atoms with E-state index in [1.54, 1.807) is 0 Å². The summed E-state index contributed by atoms with van der Waals surface area (Å²) < 4.78 is 61.1. The van der Waals surface area contributed by atoms with E-state index in [4.69, 9.17) is 9.47 Å². The number of urea groups is 1. The Balaban J connectivity index is 1.65. The lowest BCUT2D eigenvalue weighted by Gasteiger charge is -2.24. The van der Waals surface area contributed by atoms with E-state index in [1.807, 2.05) is 0 Å². The van der Waals surface area contributed by atoms with Crippen LogP contribution in [0.4, 0.5) is 19.3 Å². The summed E-state index contributed by atoms with van der Waals surface area (Å²) in [5.41, 5.74) is -0.129. The smallest absolute Gasteiger partial charge is 0.322 e. The predicted molar refractivity (Wildman–Crippen MR) is 102 cm³/mol. The second-order valence-electron chi connectivity index (χ2n) is 6.56. The maximum atomic E-state index is 13.8. The molecule has 0 saturated carbocycles. The molecule has 0 bridgehead atoms. The van der Waals surface area contributed by atoms with Crippen LogP contribution in [0.5, 0.6) is 5.75 Å². The number of rotatable bonds is 4. The van der Waals surface area contributed by atoms with Crippen LogP contribution in [0.1, 0.15) is 0 Å². The molecule has 1 atom stereocenters. The molecule has 1 heterocycles. The molecule has 156 valence electrons. The minimum atomic E-state index is -3.31. The first-order valence-corrected chi connectivity index (χ1v) is 10.7. The molecule has 1 fully saturated rings. The molecule has 7 nitrogen and oxygen atoms in total. The van der Waals surface area contributed by atoms with Gasteiger partial charge in [0.25, 0.3) is 0 Å². The van der Waals surface area contributed by atoms with Crippen molar-refractivity contribution in [2.45, 2.75) is 11.0 Å². The average molecular weight is 426 g/mol. The standard InChI is InChI=1S/C19H20F2N2O5S/c1-29(25,26)16-5-3-14(4-6-16)28-15-11-23(8-9-27-12-15)19(24)22-18-7-2-13(20)10-17(18)21/h2-7,10,15H,8-9,11-12H2,1H3,(H,22,24)/t15-/m1/s1. The first-order valence-electron chi connectivity index (χ1n) is 8.78. The van der Waals surface area contributed by atoms with E-state index < -0.39 is 33.6 Å². The van der Waals surface area contributed by atoms with Crippen LogP contribution < -0.4 is 10.1 Å². The summed E-state index contributed by atoms with van der Waals surface area (Å²) >= 11 is 0. The highest BCUT2D eigenvalue weighted by atomic mass is 32.2. The zero-order valence-corrected chi connectivity index (χ0v) is 16.4. The number of hydrogen-bond donors (Lipinski definition) is 1. The quantitative estimate of drug-likeness (QED) is 0.813. The minimum absolute atomic E-state index is 0.129. The number of halogens is 2. The van der Waals surface area contributed by atoms with Gasteiger partial charge in [-0.2, -0.15) is 0 Å². The molecule has 0 aromatic heterocycles. The minimum Gasteiger partial charge on any atom is -0.486 e. The molecule has 3 rings (SSSR count). The highest BCUT2D eigenvalue weighted by molar-refractivity contribution is 7.90. The topological polar surface area (TPSA) is 84.9 Å². The van der Waals surface area contributed by atoms with Gasteiger partial charge in [0.05, 0.1) is 30.3 Å². The van der Waals surface area contributed by atoms with Crippen molar-refractivity contribution in [2.24, 2.45) is 0 Å². The van der Waals surface area contributed by atoms with E-state index in [-0.39, 0.29) is 36.9 Å². The van der Waals surface area contributed by atoms with Crippen molar-refractivity contribution < 1.29 is 31.5 Å². The second kappa shape index (κ2) is 8.75. The largest absolute Gasteiger partial charge is 0.486 e. The summed E-state index contributed by atoms with van der Waals surface area (Å²) in [7, 11) is -3.31. The lowest BCUT2D eigenvalue weighted by atomic mass is 10.3. The molecule has 1 aliphatic rings. The Hall–Kier alpha value is -2.72. The number of ether oxygens (including phenoxy) is 2. The second-order valence-corrected chi connectivity index (χ2v) is 8.57. The molecule has 1 N–H and O–H groups in total. The van der Waals surface area contributed by atoms with E-state index in [9.17, 15) is 22.0 Å². The molecule has 29 heavy (non-hydrogen) atoms. The number of amides is 2. The van der Waals surface area contributed by atoms with E-state index in [2.05, 4.69) is 5.32 Å². The molecule has 1 saturated heterocycles. The van der Waals surface area contributed by atoms with Gasteiger partial charge in [-0.3, -0.25) is 0 Å². The molecule has 2 amide bonds. The Morgan fingerprint density at radius 3 is 2.59 bits per heavy atom. The van der Waals surface area contributed by atoms with E-state index >= 15 is 0 Å². The highest BCUT2D eigenvalue weighted by Crippen LogP contribution is 2.19. The van der Waals surface area contributed by atoms with Crippen LogP contribution in [0.3, 0.4) is 0 Å². The number of carbonyl (C=O) groups is 1. The number of nitrogens with one attached hydrogen (secondary N) is 1. The van der Waals surface area contributed by atoms with Crippen LogP contribution in [-0.2, 0) is 14.6 Å². The van der Waals surface area contributed by atoms with Gasteiger partial charge in [0.2, 0.25) is 0 Å². The molecule has 2 aromatic carbocycles. The van der Waals surface area contributed by atoms with E-state index in [1.165, 1.54) is 29.2 Å². The summed E-state index contributed by atoms with van der Waals surface area (Å²) in [5.74, 6) is -1.18. The molecular formula is C19H20F2N2O5S. The van der Waals surface area contributed by atoms with Gasteiger partial charge in [-0.1, -0.05) is 0 Å². The van der Waals surface area contributed by atoms with Crippen LogP contribution in [0.15, 0.2) is 47.4 Å². The van der Waals surface area contributed by atoms with Crippen LogP contribution >= 0.6 is 0 Å². The summed E-state index contributed by atoms with van der Waals surface area (Å²) in [4.78, 5) is 14.1. The molecular weight excluding hydrogens is 406 g/mol. The fraction of sp³-hybridized carbons (Fsp3) is 0.316. The van der Waals surface area contributed by atoms with Crippen molar-refractivity contribution in [2.75, 3.05) is 37.9 Å². The van der Waals surface area contributed by atoms with Crippen LogP contribution in [0, 0.1) is 11.6 Å². The van der Waals surface area contributed by atoms with Gasteiger partial charge in [-0.05, 0) is 36.4 Å². The Morgan fingerprint density at radius 2 is 1.93 bits per heavy atom. The number of carbonyl (C=O) groups excluding carboxylic acids is 1. The Morgan fingerprint density at radius 1 is 1.21 bits per heavy atom. The van der Waals surface area contributed by atoms with Crippen molar-refractivity contribution in [3.8, 4) is 5.75 Å². The summed E-state index contributed by atoms with van der Waals surface area (Å²) in [6, 6.07) is 8.24. The van der Waals surface area contributed by atoms with Crippen LogP contribution in [0.2, 0.25) is 0 Å². The van der Waals surface area contributed by atoms with Gasteiger partial charge >= 0.3 is 6.03 Å². The Labute approximate surface area is 167 Å².